The summed E-state index contributed by atoms with van der Waals surface area (Å²) in [7, 11) is 1.60. The van der Waals surface area contributed by atoms with E-state index in [4.69, 9.17) is 0 Å². The molecule has 2 amide bonds. The van der Waals surface area contributed by atoms with E-state index < -0.39 is 0 Å². The fraction of sp³-hybridized carbons (Fsp3) is 0.778. The molecule has 4 heteroatoms. The van der Waals surface area contributed by atoms with Crippen LogP contribution in [0.5, 0.6) is 0 Å². The summed E-state index contributed by atoms with van der Waals surface area (Å²) in [4.78, 5) is 24.4. The number of nitrogens with one attached hydrogen (secondary N) is 1. The van der Waals surface area contributed by atoms with E-state index in [0.717, 1.165) is 13.0 Å². The van der Waals surface area contributed by atoms with E-state index in [-0.39, 0.29) is 23.8 Å². The zero-order valence-electron chi connectivity index (χ0n) is 8.33. The fourth-order valence-corrected chi connectivity index (χ4v) is 1.42. The van der Waals surface area contributed by atoms with Gasteiger partial charge in [-0.1, -0.05) is 13.8 Å². The van der Waals surface area contributed by atoms with Crippen LogP contribution in [0.2, 0.25) is 0 Å². The Hall–Kier alpha value is -1.06. The van der Waals surface area contributed by atoms with Gasteiger partial charge < -0.3 is 10.2 Å². The summed E-state index contributed by atoms with van der Waals surface area (Å²) in [5.41, 5.74) is 0. The maximum Gasteiger partial charge on any atom is 0.242 e. The van der Waals surface area contributed by atoms with Crippen LogP contribution in [-0.2, 0) is 9.59 Å². The zero-order chi connectivity index (χ0) is 10.0. The quantitative estimate of drug-likeness (QED) is 0.656. The standard InChI is InChI=1S/C9H16N2O2/c1-6(2)9(13)11-5-4-7(11)8(12)10-3/h6-7H,4-5H2,1-3H3,(H,10,12)/t7-/m0/s1. The number of hydrogen-bond acceptors (Lipinski definition) is 2. The Labute approximate surface area is 78.3 Å². The third-order valence-corrected chi connectivity index (χ3v) is 2.35. The van der Waals surface area contributed by atoms with Crippen LogP contribution in [0.25, 0.3) is 0 Å². The van der Waals surface area contributed by atoms with Crippen molar-refractivity contribution in [1.29, 1.82) is 0 Å². The van der Waals surface area contributed by atoms with Crippen molar-refractivity contribution in [3.05, 3.63) is 0 Å². The van der Waals surface area contributed by atoms with Crippen LogP contribution >= 0.6 is 0 Å². The lowest BCUT2D eigenvalue weighted by Crippen LogP contribution is -2.58. The molecule has 1 rings (SSSR count). The molecule has 0 aliphatic carbocycles. The second kappa shape index (κ2) is 3.77. The van der Waals surface area contributed by atoms with Gasteiger partial charge in [-0.05, 0) is 6.42 Å². The summed E-state index contributed by atoms with van der Waals surface area (Å²) in [5, 5.41) is 2.56. The van der Waals surface area contributed by atoms with Crippen molar-refractivity contribution in [1.82, 2.24) is 10.2 Å². The van der Waals surface area contributed by atoms with Gasteiger partial charge in [0, 0.05) is 19.5 Å². The molecule has 4 nitrogen and oxygen atoms in total. The molecular formula is C9H16N2O2. The topological polar surface area (TPSA) is 49.4 Å². The van der Waals surface area contributed by atoms with Gasteiger partial charge in [0.05, 0.1) is 0 Å². The first-order valence-corrected chi connectivity index (χ1v) is 4.60. The minimum atomic E-state index is -0.222. The van der Waals surface area contributed by atoms with Crippen molar-refractivity contribution in [3.8, 4) is 0 Å². The molecule has 1 N–H and O–H groups in total. The first-order chi connectivity index (χ1) is 6.07. The molecule has 74 valence electrons. The molecule has 1 aliphatic heterocycles. The van der Waals surface area contributed by atoms with Crippen LogP contribution < -0.4 is 5.32 Å². The summed E-state index contributed by atoms with van der Waals surface area (Å²) < 4.78 is 0. The lowest BCUT2D eigenvalue weighted by atomic mass is 9.99. The SMILES string of the molecule is CNC(=O)[C@@H]1CCN1C(=O)C(C)C. The molecule has 13 heavy (non-hydrogen) atoms. The Morgan fingerprint density at radius 3 is 2.38 bits per heavy atom. The lowest BCUT2D eigenvalue weighted by Gasteiger charge is -2.40. The van der Waals surface area contributed by atoms with Gasteiger partial charge in [0.2, 0.25) is 11.8 Å². The molecule has 0 aromatic rings. The van der Waals surface area contributed by atoms with E-state index in [1.54, 1.807) is 11.9 Å². The molecule has 1 aliphatic rings. The minimum absolute atomic E-state index is 0.0209. The molecule has 0 unspecified atom stereocenters. The summed E-state index contributed by atoms with van der Waals surface area (Å²) in [6, 6.07) is -0.222. The van der Waals surface area contributed by atoms with Gasteiger partial charge in [0.15, 0.2) is 0 Å². The Balaban J connectivity index is 2.54. The van der Waals surface area contributed by atoms with Crippen molar-refractivity contribution in [2.24, 2.45) is 5.92 Å². The van der Waals surface area contributed by atoms with Gasteiger partial charge in [0.1, 0.15) is 6.04 Å². The van der Waals surface area contributed by atoms with Crippen LogP contribution in [0, 0.1) is 5.92 Å². The van der Waals surface area contributed by atoms with E-state index in [1.165, 1.54) is 0 Å². The molecule has 0 spiro atoms. The number of likely N-dealkylation sites (N-methyl/N-ethyl adjacent to an activating group) is 1. The zero-order valence-corrected chi connectivity index (χ0v) is 8.33. The highest BCUT2D eigenvalue weighted by atomic mass is 16.2. The van der Waals surface area contributed by atoms with Crippen molar-refractivity contribution < 1.29 is 9.59 Å². The molecule has 1 saturated heterocycles. The van der Waals surface area contributed by atoms with Crippen molar-refractivity contribution >= 4 is 11.8 Å². The Morgan fingerprint density at radius 1 is 1.46 bits per heavy atom. The second-order valence-electron chi connectivity index (χ2n) is 3.61. The highest BCUT2D eigenvalue weighted by molar-refractivity contribution is 5.89. The van der Waals surface area contributed by atoms with Crippen LogP contribution in [-0.4, -0.2) is 36.3 Å². The number of carbonyl (C=O) groups excluding carboxylic acids is 2. The predicted octanol–water partition coefficient (Wildman–Crippen LogP) is -0.0107. The molecule has 0 aromatic carbocycles. The van der Waals surface area contributed by atoms with Gasteiger partial charge in [-0.2, -0.15) is 0 Å². The minimum Gasteiger partial charge on any atom is -0.357 e. The first kappa shape index (κ1) is 10.0. The van der Waals surface area contributed by atoms with Gasteiger partial charge in [-0.15, -0.1) is 0 Å². The molecule has 1 fully saturated rings. The molecule has 0 aromatic heterocycles. The van der Waals surface area contributed by atoms with Gasteiger partial charge in [-0.25, -0.2) is 0 Å². The van der Waals surface area contributed by atoms with Crippen LogP contribution in [0.4, 0.5) is 0 Å². The molecule has 1 atom stereocenters. The third kappa shape index (κ3) is 1.82. The number of nitrogens with zero attached hydrogens (tertiary/aromatic N) is 1. The maximum absolute atomic E-state index is 11.5. The van der Waals surface area contributed by atoms with E-state index in [2.05, 4.69) is 5.32 Å². The smallest absolute Gasteiger partial charge is 0.242 e. The van der Waals surface area contributed by atoms with E-state index in [9.17, 15) is 9.59 Å². The van der Waals surface area contributed by atoms with Gasteiger partial charge in [0.25, 0.3) is 0 Å². The van der Waals surface area contributed by atoms with Gasteiger partial charge in [-0.3, -0.25) is 9.59 Å². The predicted molar refractivity (Wildman–Crippen MR) is 49.0 cm³/mol. The molecule has 1 heterocycles. The fourth-order valence-electron chi connectivity index (χ4n) is 1.42. The summed E-state index contributed by atoms with van der Waals surface area (Å²) >= 11 is 0. The molecule has 0 bridgehead atoms. The number of hydrogen-bond donors (Lipinski definition) is 1. The largest absolute Gasteiger partial charge is 0.357 e. The Kier molecular flexibility index (Phi) is 2.90. The van der Waals surface area contributed by atoms with Crippen molar-refractivity contribution in [3.63, 3.8) is 0 Å². The monoisotopic (exact) mass is 184 g/mol. The average Bonchev–Trinajstić information content (AvgIpc) is 2.01. The summed E-state index contributed by atoms with van der Waals surface area (Å²) in [6.07, 6.45) is 0.790. The lowest BCUT2D eigenvalue weighted by molar-refractivity contribution is -0.149. The highest BCUT2D eigenvalue weighted by Crippen LogP contribution is 2.19. The number of likely N-dealkylation sites (tertiary alicyclic amines) is 1. The van der Waals surface area contributed by atoms with Crippen LogP contribution in [0.1, 0.15) is 20.3 Å². The maximum atomic E-state index is 11.5. The Morgan fingerprint density at radius 2 is 2.08 bits per heavy atom. The van der Waals surface area contributed by atoms with Crippen molar-refractivity contribution in [2.75, 3.05) is 13.6 Å². The number of rotatable bonds is 2. The molecule has 0 radical (unpaired) electrons. The summed E-state index contributed by atoms with van der Waals surface area (Å²) in [6.45, 7) is 4.41. The van der Waals surface area contributed by atoms with Crippen LogP contribution in [0.3, 0.4) is 0 Å². The third-order valence-electron chi connectivity index (χ3n) is 2.35. The van der Waals surface area contributed by atoms with E-state index in [1.807, 2.05) is 13.8 Å². The first-order valence-electron chi connectivity index (χ1n) is 4.60. The average molecular weight is 184 g/mol. The highest BCUT2D eigenvalue weighted by Gasteiger charge is 2.37. The molecular weight excluding hydrogens is 168 g/mol. The Bertz CT molecular complexity index is 226. The van der Waals surface area contributed by atoms with E-state index >= 15 is 0 Å². The van der Waals surface area contributed by atoms with E-state index in [0.29, 0.717) is 0 Å². The number of carbonyl (C=O) groups is 2. The molecule has 0 saturated carbocycles. The number of amides is 2. The van der Waals surface area contributed by atoms with Crippen LogP contribution in [0.15, 0.2) is 0 Å². The van der Waals surface area contributed by atoms with Crippen molar-refractivity contribution in [2.45, 2.75) is 26.3 Å². The second-order valence-corrected chi connectivity index (χ2v) is 3.61. The summed E-state index contributed by atoms with van der Waals surface area (Å²) in [5.74, 6) is -0.00689. The van der Waals surface area contributed by atoms with Gasteiger partial charge >= 0.3 is 0 Å². The normalized spacial score (nSPS) is 21.2.